The van der Waals surface area contributed by atoms with Crippen LogP contribution in [0.1, 0.15) is 0 Å². The zero-order valence-corrected chi connectivity index (χ0v) is 5.68. The van der Waals surface area contributed by atoms with E-state index in [1.54, 1.807) is 0 Å². The summed E-state index contributed by atoms with van der Waals surface area (Å²) in [6.45, 7) is -1.29. The first-order valence-corrected chi connectivity index (χ1v) is 2.93. The van der Waals surface area contributed by atoms with E-state index in [1.165, 1.54) is 0 Å². The van der Waals surface area contributed by atoms with Crippen LogP contribution < -0.4 is 5.32 Å². The van der Waals surface area contributed by atoms with Crippen molar-refractivity contribution in [2.45, 2.75) is 5.92 Å². The van der Waals surface area contributed by atoms with E-state index >= 15 is 0 Å². The van der Waals surface area contributed by atoms with Crippen molar-refractivity contribution in [3.63, 3.8) is 0 Å². The van der Waals surface area contributed by atoms with Gasteiger partial charge in [0.15, 0.2) is 0 Å². The number of hydrogen-bond donors (Lipinski definition) is 3. The standard InChI is InChI=1S/C5H9F2NO3/c6-5(7,4(10)11)3-8-1-2-9/h8-9H,1-3H2,(H,10,11). The molecule has 3 N–H and O–H groups in total. The Hall–Kier alpha value is -0.750. The molecule has 0 aromatic rings. The highest BCUT2D eigenvalue weighted by Gasteiger charge is 2.37. The second kappa shape index (κ2) is 4.20. The van der Waals surface area contributed by atoms with Gasteiger partial charge in [-0.05, 0) is 0 Å². The van der Waals surface area contributed by atoms with Crippen LogP contribution in [0.25, 0.3) is 0 Å². The van der Waals surface area contributed by atoms with Crippen molar-refractivity contribution in [3.05, 3.63) is 0 Å². The number of carboxylic acids is 1. The highest BCUT2D eigenvalue weighted by molar-refractivity contribution is 5.75. The average Bonchev–Trinajstić information content (AvgIpc) is 1.88. The van der Waals surface area contributed by atoms with Gasteiger partial charge in [-0.3, -0.25) is 0 Å². The van der Waals surface area contributed by atoms with Gasteiger partial charge in [0.05, 0.1) is 13.2 Å². The van der Waals surface area contributed by atoms with Gasteiger partial charge in [-0.1, -0.05) is 0 Å². The third-order valence-electron chi connectivity index (χ3n) is 0.948. The molecule has 0 unspecified atom stereocenters. The van der Waals surface area contributed by atoms with Gasteiger partial charge in [0, 0.05) is 6.54 Å². The summed E-state index contributed by atoms with van der Waals surface area (Å²) < 4.78 is 24.3. The van der Waals surface area contributed by atoms with Gasteiger partial charge in [0.1, 0.15) is 0 Å². The first-order chi connectivity index (χ1) is 5.00. The Labute approximate surface area is 61.8 Å². The van der Waals surface area contributed by atoms with E-state index in [0.29, 0.717) is 0 Å². The Morgan fingerprint density at radius 1 is 1.55 bits per heavy atom. The normalized spacial score (nSPS) is 11.5. The quantitative estimate of drug-likeness (QED) is 0.475. The van der Waals surface area contributed by atoms with Gasteiger partial charge in [0.2, 0.25) is 0 Å². The smallest absolute Gasteiger partial charge is 0.375 e. The summed E-state index contributed by atoms with van der Waals surface area (Å²) >= 11 is 0. The summed E-state index contributed by atoms with van der Waals surface area (Å²) in [5.74, 6) is -5.92. The van der Waals surface area contributed by atoms with E-state index in [9.17, 15) is 13.6 Å². The monoisotopic (exact) mass is 169 g/mol. The lowest BCUT2D eigenvalue weighted by atomic mass is 10.3. The number of alkyl halides is 2. The molecule has 0 heterocycles. The van der Waals surface area contributed by atoms with Crippen molar-refractivity contribution in [1.29, 1.82) is 0 Å². The molecule has 0 saturated heterocycles. The van der Waals surface area contributed by atoms with Crippen molar-refractivity contribution in [1.82, 2.24) is 5.32 Å². The lowest BCUT2D eigenvalue weighted by Gasteiger charge is -2.10. The molecule has 0 aromatic carbocycles. The predicted octanol–water partition coefficient (Wildman–Crippen LogP) is -0.712. The third kappa shape index (κ3) is 3.84. The fraction of sp³-hybridized carbons (Fsp3) is 0.800. The largest absolute Gasteiger partial charge is 0.477 e. The molecule has 0 spiro atoms. The number of halogens is 2. The van der Waals surface area contributed by atoms with Crippen LogP contribution in [0.4, 0.5) is 8.78 Å². The number of hydrogen-bond acceptors (Lipinski definition) is 3. The Morgan fingerprint density at radius 3 is 2.45 bits per heavy atom. The van der Waals surface area contributed by atoms with E-state index in [0.717, 1.165) is 0 Å². The molecular formula is C5H9F2NO3. The van der Waals surface area contributed by atoms with Crippen LogP contribution in [0.15, 0.2) is 0 Å². The van der Waals surface area contributed by atoms with Gasteiger partial charge >= 0.3 is 11.9 Å². The predicted molar refractivity (Wildman–Crippen MR) is 32.5 cm³/mol. The van der Waals surface area contributed by atoms with E-state index in [-0.39, 0.29) is 13.2 Å². The van der Waals surface area contributed by atoms with Gasteiger partial charge in [-0.2, -0.15) is 8.78 Å². The van der Waals surface area contributed by atoms with E-state index in [4.69, 9.17) is 10.2 Å². The second-order valence-corrected chi connectivity index (χ2v) is 1.91. The molecule has 0 fully saturated rings. The minimum absolute atomic E-state index is 0.0388. The summed E-state index contributed by atoms with van der Waals surface area (Å²) in [6.07, 6.45) is 0. The lowest BCUT2D eigenvalue weighted by molar-refractivity contribution is -0.164. The third-order valence-corrected chi connectivity index (χ3v) is 0.948. The van der Waals surface area contributed by atoms with Crippen LogP contribution in [-0.2, 0) is 4.79 Å². The number of nitrogens with one attached hydrogen (secondary N) is 1. The maximum absolute atomic E-state index is 12.1. The topological polar surface area (TPSA) is 69.6 Å². The molecule has 66 valence electrons. The van der Waals surface area contributed by atoms with Crippen molar-refractivity contribution < 1.29 is 23.8 Å². The molecule has 0 aliphatic heterocycles. The number of aliphatic hydroxyl groups excluding tert-OH is 1. The summed E-state index contributed by atoms with van der Waals surface area (Å²) in [6, 6.07) is 0. The summed E-state index contributed by atoms with van der Waals surface area (Å²) in [7, 11) is 0. The van der Waals surface area contributed by atoms with Crippen LogP contribution in [0, 0.1) is 0 Å². The van der Waals surface area contributed by atoms with Crippen LogP contribution in [0.3, 0.4) is 0 Å². The maximum Gasteiger partial charge on any atom is 0.375 e. The SMILES string of the molecule is O=C(O)C(F)(F)CNCCO. The highest BCUT2D eigenvalue weighted by Crippen LogP contribution is 2.10. The zero-order chi connectivity index (χ0) is 8.91. The zero-order valence-electron chi connectivity index (χ0n) is 5.68. The summed E-state index contributed by atoms with van der Waals surface area (Å²) in [4.78, 5) is 9.76. The number of aliphatic carboxylic acids is 1. The van der Waals surface area contributed by atoms with E-state index in [1.807, 2.05) is 0 Å². The van der Waals surface area contributed by atoms with Gasteiger partial charge < -0.3 is 15.5 Å². The number of carboxylic acid groups (broad SMARTS) is 1. The fourth-order valence-electron chi connectivity index (χ4n) is 0.400. The van der Waals surface area contributed by atoms with Crippen molar-refractivity contribution in [2.24, 2.45) is 0 Å². The maximum atomic E-state index is 12.1. The molecule has 0 radical (unpaired) electrons. The highest BCUT2D eigenvalue weighted by atomic mass is 19.3. The Bertz CT molecular complexity index is 140. The van der Waals surface area contributed by atoms with Crippen molar-refractivity contribution >= 4 is 5.97 Å². The van der Waals surface area contributed by atoms with Gasteiger partial charge in [-0.25, -0.2) is 4.79 Å². The summed E-state index contributed by atoms with van der Waals surface area (Å²) in [5.41, 5.74) is 0. The Morgan fingerprint density at radius 2 is 2.09 bits per heavy atom. The molecule has 0 aromatic heterocycles. The Kier molecular flexibility index (Phi) is 3.91. The molecule has 6 heteroatoms. The number of carbonyl (C=O) groups is 1. The molecule has 0 amide bonds. The molecule has 4 nitrogen and oxygen atoms in total. The molecule has 0 rings (SSSR count). The van der Waals surface area contributed by atoms with Gasteiger partial charge in [-0.15, -0.1) is 0 Å². The minimum Gasteiger partial charge on any atom is -0.477 e. The molecule has 0 aliphatic carbocycles. The van der Waals surface area contributed by atoms with Crippen LogP contribution >= 0.6 is 0 Å². The molecule has 0 bridgehead atoms. The number of rotatable bonds is 5. The van der Waals surface area contributed by atoms with Crippen molar-refractivity contribution in [3.8, 4) is 0 Å². The second-order valence-electron chi connectivity index (χ2n) is 1.91. The summed E-state index contributed by atoms with van der Waals surface area (Å²) in [5, 5.41) is 18.1. The molecular weight excluding hydrogens is 160 g/mol. The Balaban J connectivity index is 3.64. The van der Waals surface area contributed by atoms with Gasteiger partial charge in [0.25, 0.3) is 0 Å². The van der Waals surface area contributed by atoms with Crippen LogP contribution in [-0.4, -0.2) is 41.8 Å². The van der Waals surface area contributed by atoms with Crippen LogP contribution in [0.2, 0.25) is 0 Å². The molecule has 0 atom stereocenters. The molecule has 0 aliphatic rings. The number of aliphatic hydroxyl groups is 1. The molecule has 0 saturated carbocycles. The minimum atomic E-state index is -3.75. The van der Waals surface area contributed by atoms with E-state index < -0.39 is 18.4 Å². The van der Waals surface area contributed by atoms with Crippen LogP contribution in [0.5, 0.6) is 0 Å². The lowest BCUT2D eigenvalue weighted by Crippen LogP contribution is -2.40. The first kappa shape index (κ1) is 10.2. The fourth-order valence-corrected chi connectivity index (χ4v) is 0.400. The molecule has 11 heavy (non-hydrogen) atoms. The van der Waals surface area contributed by atoms with Crippen molar-refractivity contribution in [2.75, 3.05) is 19.7 Å². The van der Waals surface area contributed by atoms with E-state index in [2.05, 4.69) is 5.32 Å². The average molecular weight is 169 g/mol. The first-order valence-electron chi connectivity index (χ1n) is 2.93.